The SMILES string of the molecule is CC1C=CC(Br)=C2NCCC(N)C2=C1. The summed E-state index contributed by atoms with van der Waals surface area (Å²) in [5.74, 6) is 0.459. The van der Waals surface area contributed by atoms with Crippen molar-refractivity contribution in [2.45, 2.75) is 19.4 Å². The first-order valence-electron chi connectivity index (χ1n) is 4.98. The van der Waals surface area contributed by atoms with Gasteiger partial charge in [0.25, 0.3) is 0 Å². The predicted octanol–water partition coefficient (Wildman–Crippen LogP) is 2.05. The first-order chi connectivity index (χ1) is 6.68. The first kappa shape index (κ1) is 9.99. The van der Waals surface area contributed by atoms with E-state index in [1.807, 2.05) is 0 Å². The zero-order valence-corrected chi connectivity index (χ0v) is 9.84. The average Bonchev–Trinajstić information content (AvgIpc) is 2.30. The second-order valence-corrected chi connectivity index (χ2v) is 4.74. The van der Waals surface area contributed by atoms with Crippen molar-refractivity contribution in [3.05, 3.63) is 34.0 Å². The van der Waals surface area contributed by atoms with Crippen molar-refractivity contribution in [2.75, 3.05) is 6.54 Å². The van der Waals surface area contributed by atoms with Gasteiger partial charge in [-0.25, -0.2) is 0 Å². The van der Waals surface area contributed by atoms with Gasteiger partial charge in [-0.1, -0.05) is 19.1 Å². The molecule has 1 heterocycles. The van der Waals surface area contributed by atoms with Crippen LogP contribution in [0, 0.1) is 5.92 Å². The van der Waals surface area contributed by atoms with Crippen molar-refractivity contribution in [3.63, 3.8) is 0 Å². The number of fused-ring (bicyclic) bond motifs is 1. The maximum Gasteiger partial charge on any atom is 0.0529 e. The largest absolute Gasteiger partial charge is 0.384 e. The molecule has 1 aliphatic carbocycles. The molecular weight excluding hydrogens is 240 g/mol. The summed E-state index contributed by atoms with van der Waals surface area (Å²) in [5, 5.41) is 3.39. The lowest BCUT2D eigenvalue weighted by atomic mass is 9.95. The number of nitrogens with one attached hydrogen (secondary N) is 1. The molecule has 0 bridgehead atoms. The summed E-state index contributed by atoms with van der Waals surface area (Å²) in [7, 11) is 0. The van der Waals surface area contributed by atoms with Gasteiger partial charge < -0.3 is 11.1 Å². The molecule has 3 heteroatoms. The highest BCUT2D eigenvalue weighted by molar-refractivity contribution is 9.11. The molecule has 14 heavy (non-hydrogen) atoms. The highest BCUT2D eigenvalue weighted by Gasteiger charge is 2.22. The van der Waals surface area contributed by atoms with Crippen LogP contribution in [0.2, 0.25) is 0 Å². The number of piperidine rings is 1. The van der Waals surface area contributed by atoms with Crippen LogP contribution in [-0.4, -0.2) is 12.6 Å². The van der Waals surface area contributed by atoms with Crippen molar-refractivity contribution < 1.29 is 0 Å². The van der Waals surface area contributed by atoms with E-state index in [0.29, 0.717) is 5.92 Å². The fourth-order valence-corrected chi connectivity index (χ4v) is 2.40. The van der Waals surface area contributed by atoms with Gasteiger partial charge >= 0.3 is 0 Å². The fourth-order valence-electron chi connectivity index (χ4n) is 1.88. The number of halogens is 1. The summed E-state index contributed by atoms with van der Waals surface area (Å²) in [4.78, 5) is 0. The maximum atomic E-state index is 6.09. The molecule has 2 atom stereocenters. The zero-order valence-electron chi connectivity index (χ0n) is 8.26. The molecule has 0 aromatic carbocycles. The van der Waals surface area contributed by atoms with Gasteiger partial charge in [0.15, 0.2) is 0 Å². The Kier molecular flexibility index (Phi) is 2.79. The third-order valence-corrected chi connectivity index (χ3v) is 3.33. The smallest absolute Gasteiger partial charge is 0.0529 e. The van der Waals surface area contributed by atoms with Crippen LogP contribution in [0.1, 0.15) is 13.3 Å². The second-order valence-electron chi connectivity index (χ2n) is 3.89. The van der Waals surface area contributed by atoms with E-state index in [-0.39, 0.29) is 6.04 Å². The molecule has 0 aromatic rings. The highest BCUT2D eigenvalue weighted by atomic mass is 79.9. The molecule has 1 saturated heterocycles. The highest BCUT2D eigenvalue weighted by Crippen LogP contribution is 2.29. The van der Waals surface area contributed by atoms with Gasteiger partial charge in [0.2, 0.25) is 0 Å². The Morgan fingerprint density at radius 3 is 3.14 bits per heavy atom. The Bertz CT molecular complexity index is 328. The van der Waals surface area contributed by atoms with Crippen molar-refractivity contribution in [1.82, 2.24) is 5.32 Å². The van der Waals surface area contributed by atoms with Gasteiger partial charge in [-0.05, 0) is 39.9 Å². The number of nitrogens with two attached hydrogens (primary N) is 1. The van der Waals surface area contributed by atoms with Crippen molar-refractivity contribution >= 4 is 15.9 Å². The van der Waals surface area contributed by atoms with Crippen LogP contribution >= 0.6 is 15.9 Å². The average molecular weight is 255 g/mol. The van der Waals surface area contributed by atoms with E-state index in [1.54, 1.807) is 0 Å². The van der Waals surface area contributed by atoms with Gasteiger partial charge in [-0.2, -0.15) is 0 Å². The summed E-state index contributed by atoms with van der Waals surface area (Å²) >= 11 is 3.57. The Balaban J connectivity index is 2.43. The van der Waals surface area contributed by atoms with Gasteiger partial charge in [0.1, 0.15) is 0 Å². The Hall–Kier alpha value is -0.540. The molecule has 0 saturated carbocycles. The van der Waals surface area contributed by atoms with E-state index < -0.39 is 0 Å². The fraction of sp³-hybridized carbons (Fsp3) is 0.455. The lowest BCUT2D eigenvalue weighted by Crippen LogP contribution is -2.37. The Morgan fingerprint density at radius 1 is 1.57 bits per heavy atom. The summed E-state index contributed by atoms with van der Waals surface area (Å²) in [6.07, 6.45) is 7.55. The molecule has 2 aliphatic rings. The van der Waals surface area contributed by atoms with Crippen LogP contribution in [0.5, 0.6) is 0 Å². The maximum absolute atomic E-state index is 6.09. The van der Waals surface area contributed by atoms with E-state index in [0.717, 1.165) is 17.4 Å². The molecule has 0 spiro atoms. The standard InChI is InChI=1S/C11H15BrN2/c1-7-2-3-9(12)11-8(6-7)10(13)4-5-14-11/h2-3,6-7,10,14H,4-5,13H2,1H3. The van der Waals surface area contributed by atoms with Crippen molar-refractivity contribution in [3.8, 4) is 0 Å². The van der Waals surface area contributed by atoms with Gasteiger partial charge in [0, 0.05) is 17.1 Å². The zero-order chi connectivity index (χ0) is 10.1. The quantitative estimate of drug-likeness (QED) is 0.695. The molecule has 2 rings (SSSR count). The normalized spacial score (nSPS) is 31.8. The molecule has 0 radical (unpaired) electrons. The number of hydrogen-bond acceptors (Lipinski definition) is 2. The van der Waals surface area contributed by atoms with Gasteiger partial charge in [-0.15, -0.1) is 0 Å². The molecule has 2 nitrogen and oxygen atoms in total. The van der Waals surface area contributed by atoms with E-state index in [2.05, 4.69) is 46.4 Å². The van der Waals surface area contributed by atoms with E-state index in [9.17, 15) is 0 Å². The Labute approximate surface area is 93.1 Å². The summed E-state index contributed by atoms with van der Waals surface area (Å²) < 4.78 is 1.11. The van der Waals surface area contributed by atoms with E-state index in [1.165, 1.54) is 11.3 Å². The topological polar surface area (TPSA) is 38.0 Å². The molecule has 1 aliphatic heterocycles. The molecule has 0 amide bonds. The van der Waals surface area contributed by atoms with Crippen molar-refractivity contribution in [1.29, 1.82) is 0 Å². The molecule has 2 unspecified atom stereocenters. The molecule has 76 valence electrons. The monoisotopic (exact) mass is 254 g/mol. The van der Waals surface area contributed by atoms with E-state index in [4.69, 9.17) is 5.73 Å². The minimum Gasteiger partial charge on any atom is -0.384 e. The number of allylic oxidation sites excluding steroid dienone is 4. The second kappa shape index (κ2) is 3.91. The van der Waals surface area contributed by atoms with Crippen LogP contribution in [0.15, 0.2) is 34.0 Å². The lowest BCUT2D eigenvalue weighted by Gasteiger charge is -2.27. The van der Waals surface area contributed by atoms with Gasteiger partial charge in [0.05, 0.1) is 5.70 Å². The lowest BCUT2D eigenvalue weighted by molar-refractivity contribution is 0.592. The number of hydrogen-bond donors (Lipinski definition) is 2. The van der Waals surface area contributed by atoms with Gasteiger partial charge in [-0.3, -0.25) is 0 Å². The third kappa shape index (κ3) is 1.79. The molecular formula is C11H15BrN2. The first-order valence-corrected chi connectivity index (χ1v) is 5.77. The molecule has 0 aromatic heterocycles. The Morgan fingerprint density at radius 2 is 2.36 bits per heavy atom. The van der Waals surface area contributed by atoms with Crippen LogP contribution in [0.3, 0.4) is 0 Å². The summed E-state index contributed by atoms with van der Waals surface area (Å²) in [5.41, 5.74) is 8.51. The minimum atomic E-state index is 0.182. The van der Waals surface area contributed by atoms with Crippen LogP contribution in [-0.2, 0) is 0 Å². The third-order valence-electron chi connectivity index (χ3n) is 2.67. The molecule has 1 fully saturated rings. The van der Waals surface area contributed by atoms with Crippen LogP contribution in [0.25, 0.3) is 0 Å². The van der Waals surface area contributed by atoms with Crippen LogP contribution in [0.4, 0.5) is 0 Å². The summed E-state index contributed by atoms with van der Waals surface area (Å²) in [6.45, 7) is 3.14. The summed E-state index contributed by atoms with van der Waals surface area (Å²) in [6, 6.07) is 0.182. The van der Waals surface area contributed by atoms with E-state index >= 15 is 0 Å². The van der Waals surface area contributed by atoms with Crippen LogP contribution < -0.4 is 11.1 Å². The number of rotatable bonds is 0. The molecule has 3 N–H and O–H groups in total. The van der Waals surface area contributed by atoms with Crippen molar-refractivity contribution in [2.24, 2.45) is 11.7 Å². The minimum absolute atomic E-state index is 0.182. The predicted molar refractivity (Wildman–Crippen MR) is 62.9 cm³/mol.